The summed E-state index contributed by atoms with van der Waals surface area (Å²) in [6.45, 7) is 0.490. The molecule has 106 valence electrons. The van der Waals surface area contributed by atoms with Crippen molar-refractivity contribution >= 4 is 17.7 Å². The molecule has 5 heteroatoms. The van der Waals surface area contributed by atoms with Gasteiger partial charge in [0.05, 0.1) is 12.7 Å². The van der Waals surface area contributed by atoms with E-state index in [4.69, 9.17) is 4.74 Å². The van der Waals surface area contributed by atoms with Crippen molar-refractivity contribution in [3.63, 3.8) is 0 Å². The molecular weight excluding hydrogens is 262 g/mol. The first kappa shape index (κ1) is 16.0. The zero-order chi connectivity index (χ0) is 14.3. The number of rotatable bonds is 7. The number of amides is 1. The maximum atomic E-state index is 12.2. The van der Waals surface area contributed by atoms with Crippen LogP contribution in [0.25, 0.3) is 0 Å². The van der Waals surface area contributed by atoms with Crippen LogP contribution in [0, 0.1) is 0 Å². The highest BCUT2D eigenvalue weighted by molar-refractivity contribution is 7.97. The zero-order valence-electron chi connectivity index (χ0n) is 11.6. The highest BCUT2D eigenvalue weighted by Gasteiger charge is 2.15. The van der Waals surface area contributed by atoms with Gasteiger partial charge in [0.2, 0.25) is 0 Å². The number of hydrogen-bond donors (Lipinski definition) is 1. The first-order chi connectivity index (χ1) is 9.08. The molecule has 0 spiro atoms. The molecule has 1 atom stereocenters. The van der Waals surface area contributed by atoms with Gasteiger partial charge in [-0.05, 0) is 24.0 Å². The molecule has 0 saturated carbocycles. The van der Waals surface area contributed by atoms with Crippen LogP contribution in [-0.2, 0) is 10.5 Å². The van der Waals surface area contributed by atoms with E-state index in [1.54, 1.807) is 24.9 Å². The molecule has 1 rings (SSSR count). The number of carbonyl (C=O) groups is 1. The third-order valence-electron chi connectivity index (χ3n) is 2.68. The topological polar surface area (TPSA) is 49.8 Å². The average Bonchev–Trinajstić information content (AvgIpc) is 2.38. The number of carbonyl (C=O) groups excluding carboxylic acids is 1. The van der Waals surface area contributed by atoms with E-state index in [1.807, 2.05) is 24.5 Å². The predicted octanol–water partition coefficient (Wildman–Crippen LogP) is 1.63. The predicted molar refractivity (Wildman–Crippen MR) is 78.5 cm³/mol. The minimum atomic E-state index is -0.659. The lowest BCUT2D eigenvalue weighted by atomic mass is 10.1. The molecule has 0 saturated heterocycles. The Morgan fingerprint density at radius 2 is 2.26 bits per heavy atom. The third-order valence-corrected chi connectivity index (χ3v) is 3.30. The fourth-order valence-electron chi connectivity index (χ4n) is 1.83. The van der Waals surface area contributed by atoms with E-state index < -0.39 is 6.10 Å². The molecule has 0 fully saturated rings. The van der Waals surface area contributed by atoms with Crippen molar-refractivity contribution in [1.82, 2.24) is 4.90 Å². The van der Waals surface area contributed by atoms with Crippen molar-refractivity contribution in [3.8, 4) is 0 Å². The van der Waals surface area contributed by atoms with Crippen LogP contribution in [0.3, 0.4) is 0 Å². The zero-order valence-corrected chi connectivity index (χ0v) is 12.4. The molecule has 1 N–H and O–H groups in total. The van der Waals surface area contributed by atoms with Gasteiger partial charge in [-0.25, -0.2) is 0 Å². The average molecular weight is 283 g/mol. The second-order valence-corrected chi connectivity index (χ2v) is 5.29. The Morgan fingerprint density at radius 3 is 2.89 bits per heavy atom. The van der Waals surface area contributed by atoms with E-state index in [9.17, 15) is 9.90 Å². The fraction of sp³-hybridized carbons (Fsp3) is 0.500. The van der Waals surface area contributed by atoms with Crippen molar-refractivity contribution in [3.05, 3.63) is 35.4 Å². The lowest BCUT2D eigenvalue weighted by molar-refractivity contribution is 0.0380. The largest absolute Gasteiger partial charge is 0.389 e. The van der Waals surface area contributed by atoms with Crippen LogP contribution in [0.2, 0.25) is 0 Å². The summed E-state index contributed by atoms with van der Waals surface area (Å²) in [6, 6.07) is 7.59. The normalized spacial score (nSPS) is 12.2. The quantitative estimate of drug-likeness (QED) is 0.826. The lowest BCUT2D eigenvalue weighted by Crippen LogP contribution is -2.36. The smallest absolute Gasteiger partial charge is 0.253 e. The van der Waals surface area contributed by atoms with Crippen LogP contribution < -0.4 is 0 Å². The number of aliphatic hydroxyl groups is 1. The molecular formula is C14H21NO3S. The molecule has 0 aromatic heterocycles. The van der Waals surface area contributed by atoms with Gasteiger partial charge in [0.15, 0.2) is 0 Å². The van der Waals surface area contributed by atoms with Crippen molar-refractivity contribution in [2.75, 3.05) is 33.6 Å². The second kappa shape index (κ2) is 8.19. The summed E-state index contributed by atoms with van der Waals surface area (Å²) in [4.78, 5) is 13.7. The molecule has 0 bridgehead atoms. The van der Waals surface area contributed by atoms with Crippen molar-refractivity contribution in [2.24, 2.45) is 0 Å². The highest BCUT2D eigenvalue weighted by Crippen LogP contribution is 2.13. The van der Waals surface area contributed by atoms with Crippen molar-refractivity contribution < 1.29 is 14.6 Å². The molecule has 1 amide bonds. The number of ether oxygens (including phenoxy) is 1. The first-order valence-corrected chi connectivity index (χ1v) is 7.48. The molecule has 0 aliphatic heterocycles. The summed E-state index contributed by atoms with van der Waals surface area (Å²) in [6.07, 6.45) is 1.37. The minimum Gasteiger partial charge on any atom is -0.389 e. The standard InChI is InChI=1S/C14H21NO3S/c1-15(8-13(16)9-18-2)14(17)12-6-4-5-11(7-12)10-19-3/h4-7,13,16H,8-10H2,1-3H3. The van der Waals surface area contributed by atoms with Gasteiger partial charge in [-0.1, -0.05) is 12.1 Å². The van der Waals surface area contributed by atoms with Crippen LogP contribution in [0.1, 0.15) is 15.9 Å². The Kier molecular flexibility index (Phi) is 6.91. The number of methoxy groups -OCH3 is 1. The number of aliphatic hydroxyl groups excluding tert-OH is 1. The van der Waals surface area contributed by atoms with E-state index in [0.29, 0.717) is 5.56 Å². The van der Waals surface area contributed by atoms with Gasteiger partial charge in [0, 0.05) is 32.0 Å². The molecule has 0 aliphatic carbocycles. The van der Waals surface area contributed by atoms with E-state index >= 15 is 0 Å². The molecule has 1 aromatic rings. The molecule has 1 unspecified atom stereocenters. The van der Waals surface area contributed by atoms with Gasteiger partial charge in [-0.15, -0.1) is 0 Å². The monoisotopic (exact) mass is 283 g/mol. The number of hydrogen-bond acceptors (Lipinski definition) is 4. The van der Waals surface area contributed by atoms with E-state index in [1.165, 1.54) is 12.0 Å². The summed E-state index contributed by atoms with van der Waals surface area (Å²) in [5, 5.41) is 9.63. The van der Waals surface area contributed by atoms with Crippen LogP contribution >= 0.6 is 11.8 Å². The summed E-state index contributed by atoms with van der Waals surface area (Å²) in [5.41, 5.74) is 1.78. The molecule has 1 aromatic carbocycles. The number of thioether (sulfide) groups is 1. The van der Waals surface area contributed by atoms with Gasteiger partial charge in [-0.3, -0.25) is 4.79 Å². The molecule has 0 heterocycles. The van der Waals surface area contributed by atoms with Crippen LogP contribution in [0.15, 0.2) is 24.3 Å². The summed E-state index contributed by atoms with van der Waals surface area (Å²) < 4.78 is 4.85. The van der Waals surface area contributed by atoms with Crippen molar-refractivity contribution in [2.45, 2.75) is 11.9 Å². The van der Waals surface area contributed by atoms with E-state index in [0.717, 1.165) is 11.3 Å². The maximum absolute atomic E-state index is 12.2. The van der Waals surface area contributed by atoms with Gasteiger partial charge < -0.3 is 14.7 Å². The molecule has 0 aliphatic rings. The lowest BCUT2D eigenvalue weighted by Gasteiger charge is -2.20. The highest BCUT2D eigenvalue weighted by atomic mass is 32.2. The third kappa shape index (κ3) is 5.22. The summed E-state index contributed by atoms with van der Waals surface area (Å²) in [5.74, 6) is 0.801. The van der Waals surface area contributed by atoms with Crippen LogP contribution in [-0.4, -0.2) is 55.6 Å². The number of nitrogens with zero attached hydrogens (tertiary/aromatic N) is 1. The maximum Gasteiger partial charge on any atom is 0.253 e. The number of likely N-dealkylation sites (N-methyl/N-ethyl adjacent to an activating group) is 1. The second-order valence-electron chi connectivity index (χ2n) is 4.43. The van der Waals surface area contributed by atoms with Gasteiger partial charge in [0.25, 0.3) is 5.91 Å². The van der Waals surface area contributed by atoms with E-state index in [2.05, 4.69) is 0 Å². The van der Waals surface area contributed by atoms with Gasteiger partial charge in [-0.2, -0.15) is 11.8 Å². The number of benzene rings is 1. The van der Waals surface area contributed by atoms with E-state index in [-0.39, 0.29) is 19.1 Å². The summed E-state index contributed by atoms with van der Waals surface area (Å²) >= 11 is 1.72. The Hall–Kier alpha value is -1.04. The summed E-state index contributed by atoms with van der Waals surface area (Å²) in [7, 11) is 3.21. The van der Waals surface area contributed by atoms with Gasteiger partial charge >= 0.3 is 0 Å². The van der Waals surface area contributed by atoms with Crippen LogP contribution in [0.5, 0.6) is 0 Å². The minimum absolute atomic E-state index is 0.0851. The van der Waals surface area contributed by atoms with Gasteiger partial charge in [0.1, 0.15) is 0 Å². The first-order valence-electron chi connectivity index (χ1n) is 6.08. The Balaban J connectivity index is 2.68. The van der Waals surface area contributed by atoms with Crippen LogP contribution in [0.4, 0.5) is 0 Å². The Morgan fingerprint density at radius 1 is 1.53 bits per heavy atom. The Labute approximate surface area is 118 Å². The molecule has 19 heavy (non-hydrogen) atoms. The molecule has 4 nitrogen and oxygen atoms in total. The van der Waals surface area contributed by atoms with Crippen molar-refractivity contribution in [1.29, 1.82) is 0 Å². The Bertz CT molecular complexity index is 411. The molecule has 0 radical (unpaired) electrons. The SMILES string of the molecule is COCC(O)CN(C)C(=O)c1cccc(CSC)c1. The fourth-order valence-corrected chi connectivity index (χ4v) is 2.34.